The number of carbonyl (C=O) groups excluding carboxylic acids is 1. The van der Waals surface area contributed by atoms with Gasteiger partial charge < -0.3 is 35.0 Å². The molecule has 2 heterocycles. The van der Waals surface area contributed by atoms with Crippen LogP contribution in [0, 0.1) is 0 Å². The second-order valence-electron chi connectivity index (χ2n) is 7.91. The summed E-state index contributed by atoms with van der Waals surface area (Å²) in [5.41, 5.74) is 1.38. The Morgan fingerprint density at radius 1 is 1.12 bits per heavy atom. The van der Waals surface area contributed by atoms with Gasteiger partial charge in [-0.05, 0) is 56.3 Å². The van der Waals surface area contributed by atoms with Crippen LogP contribution in [-0.2, 0) is 0 Å². The summed E-state index contributed by atoms with van der Waals surface area (Å²) in [4.78, 5) is 14.5. The minimum Gasteiger partial charge on any atom is -0.508 e. The normalized spacial score (nSPS) is 13.4. The first-order chi connectivity index (χ1) is 15.4. The molecule has 11 heteroatoms. The number of hydrogen-bond donors (Lipinski definition) is 4. The lowest BCUT2D eigenvalue weighted by atomic mass is 10.1. The molecule has 0 aliphatic carbocycles. The fourth-order valence-electron chi connectivity index (χ4n) is 3.55. The van der Waals surface area contributed by atoms with E-state index in [2.05, 4.69) is 15.8 Å². The summed E-state index contributed by atoms with van der Waals surface area (Å²) in [6.07, 6.45) is 1.70. The van der Waals surface area contributed by atoms with E-state index < -0.39 is 0 Å². The van der Waals surface area contributed by atoms with Crippen LogP contribution < -0.4 is 20.3 Å². The van der Waals surface area contributed by atoms with Crippen LogP contribution in [0.25, 0.3) is 11.3 Å². The first-order valence-electron chi connectivity index (χ1n) is 10.4. The van der Waals surface area contributed by atoms with Gasteiger partial charge in [-0.2, -0.15) is 0 Å². The quantitative estimate of drug-likeness (QED) is 0.393. The summed E-state index contributed by atoms with van der Waals surface area (Å²) in [6, 6.07) is 11.4. The lowest BCUT2D eigenvalue weighted by molar-refractivity contribution is 0.0920. The Labute approximate surface area is 209 Å². The first kappa shape index (κ1) is 27.1. The summed E-state index contributed by atoms with van der Waals surface area (Å²) in [5, 5.41) is 30.5. The Morgan fingerprint density at radius 2 is 1.79 bits per heavy atom. The van der Waals surface area contributed by atoms with Gasteiger partial charge in [-0.25, -0.2) is 0 Å². The van der Waals surface area contributed by atoms with Crippen molar-refractivity contribution in [1.82, 2.24) is 15.8 Å². The van der Waals surface area contributed by atoms with Gasteiger partial charge in [-0.1, -0.05) is 5.16 Å². The summed E-state index contributed by atoms with van der Waals surface area (Å²) in [7, 11) is 3.87. The van der Waals surface area contributed by atoms with Crippen molar-refractivity contribution >= 4 is 36.4 Å². The molecule has 1 saturated heterocycles. The molecule has 4 rings (SSSR count). The number of nitrogens with one attached hydrogen (secondary N) is 2. The number of aromatic hydroxyl groups is 2. The van der Waals surface area contributed by atoms with Gasteiger partial charge in [-0.3, -0.25) is 4.79 Å². The van der Waals surface area contributed by atoms with E-state index in [1.54, 1.807) is 12.1 Å². The second-order valence-corrected chi connectivity index (χ2v) is 7.91. The smallest absolute Gasteiger partial charge is 0.273 e. The van der Waals surface area contributed by atoms with E-state index in [4.69, 9.17) is 9.26 Å². The van der Waals surface area contributed by atoms with Crippen molar-refractivity contribution in [2.75, 3.05) is 32.1 Å². The maximum Gasteiger partial charge on any atom is 0.273 e. The molecule has 3 aromatic rings. The van der Waals surface area contributed by atoms with E-state index in [9.17, 15) is 15.0 Å². The summed E-state index contributed by atoms with van der Waals surface area (Å²) < 4.78 is 11.3. The van der Waals surface area contributed by atoms with Crippen LogP contribution in [0.5, 0.6) is 23.0 Å². The van der Waals surface area contributed by atoms with Gasteiger partial charge in [0.2, 0.25) is 0 Å². The van der Waals surface area contributed by atoms with E-state index in [0.29, 0.717) is 5.75 Å². The summed E-state index contributed by atoms with van der Waals surface area (Å²) >= 11 is 0. The lowest BCUT2D eigenvalue weighted by Crippen LogP contribution is -2.42. The molecule has 9 nitrogen and oxygen atoms in total. The predicted octanol–water partition coefficient (Wildman–Crippen LogP) is 3.94. The van der Waals surface area contributed by atoms with Gasteiger partial charge in [0.15, 0.2) is 23.0 Å². The number of phenolic OH excluding ortho intramolecular Hbond substituents is 2. The molecule has 2 aromatic carbocycles. The number of phenols is 2. The molecule has 1 aromatic heterocycles. The number of nitrogens with zero attached hydrogens (tertiary/aromatic N) is 2. The largest absolute Gasteiger partial charge is 0.508 e. The molecular weight excluding hydrogens is 483 g/mol. The van der Waals surface area contributed by atoms with Crippen molar-refractivity contribution in [3.63, 3.8) is 0 Å². The molecule has 4 N–H and O–H groups in total. The zero-order chi connectivity index (χ0) is 22.7. The van der Waals surface area contributed by atoms with Crippen LogP contribution in [0.15, 0.2) is 47.0 Å². The van der Waals surface area contributed by atoms with Crippen LogP contribution in [0.3, 0.4) is 0 Å². The number of benzene rings is 2. The number of ether oxygens (including phenoxy) is 1. The minimum absolute atomic E-state index is 0. The number of hydrogen-bond acceptors (Lipinski definition) is 8. The molecule has 0 unspecified atom stereocenters. The first-order valence-corrected chi connectivity index (χ1v) is 10.4. The van der Waals surface area contributed by atoms with Crippen LogP contribution in [0.2, 0.25) is 0 Å². The molecule has 0 radical (unpaired) electrons. The Morgan fingerprint density at radius 3 is 2.44 bits per heavy atom. The highest BCUT2D eigenvalue weighted by Crippen LogP contribution is 2.43. The highest BCUT2D eigenvalue weighted by Gasteiger charge is 2.23. The molecule has 34 heavy (non-hydrogen) atoms. The maximum atomic E-state index is 12.6. The molecule has 1 aliphatic heterocycles. The van der Waals surface area contributed by atoms with Crippen molar-refractivity contribution in [1.29, 1.82) is 0 Å². The third-order valence-electron chi connectivity index (χ3n) is 5.31. The monoisotopic (exact) mass is 510 g/mol. The maximum absolute atomic E-state index is 12.6. The highest BCUT2D eigenvalue weighted by atomic mass is 35.5. The fourth-order valence-corrected chi connectivity index (χ4v) is 3.55. The number of aromatic nitrogens is 1. The molecule has 0 saturated carbocycles. The highest BCUT2D eigenvalue weighted by molar-refractivity contribution is 5.93. The standard InChI is InChI=1S/C23H26N4O5.2ClH/c1-27(2)15-3-5-17(6-4-15)31-22-18(11-16(28)12-20(22)29)21-13-19(26-32-21)23(30)25-14-7-9-24-10-8-14;;/h3-6,11-14,24,28-29H,7-10H2,1-2H3,(H,25,30);2*1H. The van der Waals surface area contributed by atoms with Crippen LogP contribution >= 0.6 is 24.8 Å². The molecule has 0 bridgehead atoms. The third kappa shape index (κ3) is 6.25. The second kappa shape index (κ2) is 11.8. The van der Waals surface area contributed by atoms with Gasteiger partial charge in [0.25, 0.3) is 5.91 Å². The van der Waals surface area contributed by atoms with E-state index in [1.807, 2.05) is 31.1 Å². The number of anilines is 1. The fraction of sp³-hybridized carbons (Fsp3) is 0.304. The van der Waals surface area contributed by atoms with Gasteiger partial charge in [-0.15, -0.1) is 24.8 Å². The third-order valence-corrected chi connectivity index (χ3v) is 5.31. The lowest BCUT2D eigenvalue weighted by Gasteiger charge is -2.23. The summed E-state index contributed by atoms with van der Waals surface area (Å²) in [5.74, 6) is -0.0219. The number of amides is 1. The van der Waals surface area contributed by atoms with Gasteiger partial charge in [0.05, 0.1) is 5.56 Å². The van der Waals surface area contributed by atoms with Crippen molar-refractivity contribution < 1.29 is 24.3 Å². The average Bonchev–Trinajstić information content (AvgIpc) is 3.27. The Balaban J connectivity index is 0.00000204. The zero-order valence-corrected chi connectivity index (χ0v) is 20.4. The summed E-state index contributed by atoms with van der Waals surface area (Å²) in [6.45, 7) is 1.71. The van der Waals surface area contributed by atoms with Crippen LogP contribution in [0.4, 0.5) is 5.69 Å². The molecule has 1 amide bonds. The predicted molar refractivity (Wildman–Crippen MR) is 134 cm³/mol. The molecule has 184 valence electrons. The SMILES string of the molecule is CN(C)c1ccc(Oc2c(O)cc(O)cc2-c2cc(C(=O)NC3CCNCC3)no2)cc1.Cl.Cl. The molecule has 1 aliphatic rings. The van der Waals surface area contributed by atoms with Crippen molar-refractivity contribution in [3.05, 3.63) is 48.2 Å². The number of rotatable bonds is 6. The van der Waals surface area contributed by atoms with Gasteiger partial charge in [0, 0.05) is 38.0 Å². The number of carbonyl (C=O) groups is 1. The zero-order valence-electron chi connectivity index (χ0n) is 18.8. The van der Waals surface area contributed by atoms with Crippen molar-refractivity contribution in [3.8, 4) is 34.3 Å². The van der Waals surface area contributed by atoms with Crippen molar-refractivity contribution in [2.24, 2.45) is 0 Å². The van der Waals surface area contributed by atoms with E-state index >= 15 is 0 Å². The van der Waals surface area contributed by atoms with Crippen molar-refractivity contribution in [2.45, 2.75) is 18.9 Å². The number of piperidine rings is 1. The Hall–Kier alpha value is -3.14. The molecule has 1 fully saturated rings. The van der Waals surface area contributed by atoms with Crippen LogP contribution in [-0.4, -0.2) is 54.5 Å². The van der Waals surface area contributed by atoms with Gasteiger partial charge >= 0.3 is 0 Å². The Kier molecular flexibility index (Phi) is 9.43. The van der Waals surface area contributed by atoms with E-state index in [0.717, 1.165) is 31.6 Å². The molecule has 0 atom stereocenters. The average molecular weight is 511 g/mol. The Bertz CT molecular complexity index is 1100. The van der Waals surface area contributed by atoms with E-state index in [1.165, 1.54) is 18.2 Å². The van der Waals surface area contributed by atoms with Crippen LogP contribution in [0.1, 0.15) is 23.3 Å². The molecule has 0 spiro atoms. The van der Waals surface area contributed by atoms with Gasteiger partial charge in [0.1, 0.15) is 11.5 Å². The van der Waals surface area contributed by atoms with E-state index in [-0.39, 0.29) is 71.0 Å². The topological polar surface area (TPSA) is 120 Å². The number of halogens is 2. The molecular formula is C23H28Cl2N4O5. The minimum atomic E-state index is -0.335.